The first-order valence-electron chi connectivity index (χ1n) is 6.36. The molecule has 0 aromatic heterocycles. The summed E-state index contributed by atoms with van der Waals surface area (Å²) < 4.78 is 6.82. The maximum atomic E-state index is 10.7. The van der Waals surface area contributed by atoms with Gasteiger partial charge in [-0.3, -0.25) is 0 Å². The quantitative estimate of drug-likeness (QED) is 0.904. The van der Waals surface area contributed by atoms with E-state index in [1.807, 2.05) is 11.8 Å². The van der Waals surface area contributed by atoms with E-state index < -0.39 is 5.60 Å². The fourth-order valence-corrected chi connectivity index (χ4v) is 4.70. The van der Waals surface area contributed by atoms with E-state index in [1.165, 1.54) is 5.56 Å². The molecule has 4 heteroatoms. The Balaban J connectivity index is 1.93. The number of hydrogen-bond acceptors (Lipinski definition) is 3. The summed E-state index contributed by atoms with van der Waals surface area (Å²) in [5, 5.41) is 11.0. The molecule has 2 aliphatic rings. The summed E-state index contributed by atoms with van der Waals surface area (Å²) in [4.78, 5) is 0. The molecule has 3 rings (SSSR count). The van der Waals surface area contributed by atoms with Crippen LogP contribution in [0.15, 0.2) is 16.6 Å². The molecule has 0 amide bonds. The largest absolute Gasteiger partial charge is 0.493 e. The zero-order chi connectivity index (χ0) is 12.8. The molecule has 0 saturated carbocycles. The van der Waals surface area contributed by atoms with Gasteiger partial charge < -0.3 is 9.84 Å². The summed E-state index contributed by atoms with van der Waals surface area (Å²) >= 11 is 5.41. The molecule has 0 bridgehead atoms. The monoisotopic (exact) mass is 328 g/mol. The molecule has 98 valence electrons. The molecule has 0 spiro atoms. The van der Waals surface area contributed by atoms with E-state index in [0.717, 1.165) is 41.0 Å². The van der Waals surface area contributed by atoms with Crippen molar-refractivity contribution in [2.45, 2.75) is 37.0 Å². The lowest BCUT2D eigenvalue weighted by atomic mass is 9.88. The van der Waals surface area contributed by atoms with E-state index in [4.69, 9.17) is 4.74 Å². The number of fused-ring (bicyclic) bond motifs is 1. The molecular weight excluding hydrogens is 312 g/mol. The molecule has 1 saturated heterocycles. The zero-order valence-corrected chi connectivity index (χ0v) is 12.8. The van der Waals surface area contributed by atoms with Gasteiger partial charge in [0.05, 0.1) is 12.2 Å². The van der Waals surface area contributed by atoms with Crippen molar-refractivity contribution in [3.63, 3.8) is 0 Å². The van der Waals surface area contributed by atoms with Crippen LogP contribution in [-0.4, -0.2) is 28.3 Å². The van der Waals surface area contributed by atoms with Gasteiger partial charge in [-0.25, -0.2) is 0 Å². The van der Waals surface area contributed by atoms with Gasteiger partial charge >= 0.3 is 0 Å². The van der Waals surface area contributed by atoms with E-state index in [-0.39, 0.29) is 0 Å². The van der Waals surface area contributed by atoms with Crippen LogP contribution in [0.25, 0.3) is 0 Å². The molecule has 1 N–H and O–H groups in total. The second-order valence-corrected chi connectivity index (χ2v) is 7.56. The van der Waals surface area contributed by atoms with Gasteiger partial charge in [-0.15, -0.1) is 0 Å². The number of ether oxygens (including phenoxy) is 1. The van der Waals surface area contributed by atoms with Gasteiger partial charge in [0, 0.05) is 22.6 Å². The number of halogens is 1. The van der Waals surface area contributed by atoms with E-state index in [2.05, 4.69) is 35.0 Å². The number of thioether (sulfide) groups is 1. The molecule has 2 unspecified atom stereocenters. The Bertz CT molecular complexity index is 477. The highest BCUT2D eigenvalue weighted by molar-refractivity contribution is 9.10. The van der Waals surface area contributed by atoms with Crippen LogP contribution in [0.4, 0.5) is 0 Å². The van der Waals surface area contributed by atoms with Crippen molar-refractivity contribution in [2.75, 3.05) is 12.4 Å². The second-order valence-electron chi connectivity index (χ2n) is 5.19. The van der Waals surface area contributed by atoms with Crippen molar-refractivity contribution in [1.82, 2.24) is 0 Å². The highest BCUT2D eigenvalue weighted by Gasteiger charge is 2.40. The van der Waals surface area contributed by atoms with Crippen molar-refractivity contribution in [3.8, 4) is 5.75 Å². The van der Waals surface area contributed by atoms with Crippen LogP contribution in [0.2, 0.25) is 0 Å². The minimum Gasteiger partial charge on any atom is -0.493 e. The lowest BCUT2D eigenvalue weighted by Gasteiger charge is -2.27. The summed E-state index contributed by atoms with van der Waals surface area (Å²) in [7, 11) is 0. The van der Waals surface area contributed by atoms with E-state index in [1.54, 1.807) is 0 Å². The average molecular weight is 329 g/mol. The topological polar surface area (TPSA) is 29.5 Å². The molecule has 18 heavy (non-hydrogen) atoms. The van der Waals surface area contributed by atoms with Crippen LogP contribution >= 0.6 is 27.7 Å². The molecule has 1 aromatic carbocycles. The smallest absolute Gasteiger partial charge is 0.125 e. The van der Waals surface area contributed by atoms with Gasteiger partial charge in [-0.2, -0.15) is 11.8 Å². The van der Waals surface area contributed by atoms with Gasteiger partial charge in [0.25, 0.3) is 0 Å². The third kappa shape index (κ3) is 2.19. The first kappa shape index (κ1) is 12.8. The van der Waals surface area contributed by atoms with Crippen molar-refractivity contribution in [1.29, 1.82) is 0 Å². The van der Waals surface area contributed by atoms with Crippen LogP contribution in [-0.2, 0) is 12.8 Å². The number of hydrogen-bond donors (Lipinski definition) is 1. The fraction of sp³-hybridized carbons (Fsp3) is 0.571. The molecule has 2 heterocycles. The molecular formula is C14H17BrO2S. The predicted molar refractivity (Wildman–Crippen MR) is 78.5 cm³/mol. The van der Waals surface area contributed by atoms with E-state index in [9.17, 15) is 5.11 Å². The summed E-state index contributed by atoms with van der Waals surface area (Å²) in [5.74, 6) is 2.06. The Morgan fingerprint density at radius 2 is 2.39 bits per heavy atom. The summed E-state index contributed by atoms with van der Waals surface area (Å²) in [6.45, 7) is 2.89. The highest BCUT2D eigenvalue weighted by Crippen LogP contribution is 2.41. The van der Waals surface area contributed by atoms with E-state index in [0.29, 0.717) is 11.7 Å². The molecule has 2 nitrogen and oxygen atoms in total. The SMILES string of the molecule is CC1SCCC1(O)Cc1cc(Br)cc2c1OCC2. The van der Waals surface area contributed by atoms with Crippen LogP contribution in [0.3, 0.4) is 0 Å². The highest BCUT2D eigenvalue weighted by atomic mass is 79.9. The molecule has 0 aliphatic carbocycles. The fourth-order valence-electron chi connectivity index (χ4n) is 2.81. The summed E-state index contributed by atoms with van der Waals surface area (Å²) in [6, 6.07) is 4.22. The maximum Gasteiger partial charge on any atom is 0.125 e. The van der Waals surface area contributed by atoms with Gasteiger partial charge in [-0.1, -0.05) is 22.9 Å². The number of aliphatic hydroxyl groups is 1. The second kappa shape index (κ2) is 4.73. The predicted octanol–water partition coefficient (Wildman–Crippen LogP) is 3.18. The van der Waals surface area contributed by atoms with Crippen LogP contribution < -0.4 is 4.74 Å². The minimum absolute atomic E-state index is 0.300. The Labute approximate surface area is 120 Å². The van der Waals surface area contributed by atoms with Crippen molar-refractivity contribution in [2.24, 2.45) is 0 Å². The number of benzene rings is 1. The van der Waals surface area contributed by atoms with Crippen LogP contribution in [0.1, 0.15) is 24.5 Å². The summed E-state index contributed by atoms with van der Waals surface area (Å²) in [6.07, 6.45) is 2.55. The average Bonchev–Trinajstić information content (AvgIpc) is 2.87. The third-order valence-electron chi connectivity index (χ3n) is 3.98. The van der Waals surface area contributed by atoms with E-state index >= 15 is 0 Å². The minimum atomic E-state index is -0.578. The first-order chi connectivity index (χ1) is 8.58. The zero-order valence-electron chi connectivity index (χ0n) is 10.4. The summed E-state index contributed by atoms with van der Waals surface area (Å²) in [5.41, 5.74) is 1.83. The Hall–Kier alpha value is -0.190. The van der Waals surface area contributed by atoms with Crippen LogP contribution in [0, 0.1) is 0 Å². The molecule has 2 atom stereocenters. The standard InChI is InChI=1S/C14H17BrO2S/c1-9-14(16,3-5-18-9)8-11-7-12(15)6-10-2-4-17-13(10)11/h6-7,9,16H,2-5,8H2,1H3. The molecule has 0 radical (unpaired) electrons. The van der Waals surface area contributed by atoms with Gasteiger partial charge in [0.15, 0.2) is 0 Å². The maximum absolute atomic E-state index is 10.7. The van der Waals surface area contributed by atoms with Gasteiger partial charge in [0.1, 0.15) is 5.75 Å². The van der Waals surface area contributed by atoms with Gasteiger partial charge in [-0.05, 0) is 35.4 Å². The van der Waals surface area contributed by atoms with Crippen molar-refractivity contribution >= 4 is 27.7 Å². The lowest BCUT2D eigenvalue weighted by molar-refractivity contribution is 0.0458. The Morgan fingerprint density at radius 3 is 3.11 bits per heavy atom. The van der Waals surface area contributed by atoms with Crippen molar-refractivity contribution in [3.05, 3.63) is 27.7 Å². The van der Waals surface area contributed by atoms with Crippen molar-refractivity contribution < 1.29 is 9.84 Å². The van der Waals surface area contributed by atoms with Crippen LogP contribution in [0.5, 0.6) is 5.75 Å². The Kier molecular flexibility index (Phi) is 3.37. The third-order valence-corrected chi connectivity index (χ3v) is 5.82. The number of rotatable bonds is 2. The molecule has 2 aliphatic heterocycles. The molecule has 1 aromatic rings. The lowest BCUT2D eigenvalue weighted by Crippen LogP contribution is -2.37. The van der Waals surface area contributed by atoms with Gasteiger partial charge in [0.2, 0.25) is 0 Å². The molecule has 1 fully saturated rings. The normalized spacial score (nSPS) is 30.3. The first-order valence-corrected chi connectivity index (χ1v) is 8.21. The Morgan fingerprint density at radius 1 is 1.56 bits per heavy atom.